The van der Waals surface area contributed by atoms with Gasteiger partial charge >= 0.3 is 0 Å². The van der Waals surface area contributed by atoms with Crippen LogP contribution in [0, 0.1) is 5.92 Å². The van der Waals surface area contributed by atoms with Gasteiger partial charge in [-0.1, -0.05) is 22.4 Å². The minimum absolute atomic E-state index is 0. The van der Waals surface area contributed by atoms with Crippen LogP contribution in [0.1, 0.15) is 25.7 Å². The molecule has 2 unspecified atom stereocenters. The molecule has 0 aliphatic heterocycles. The van der Waals surface area contributed by atoms with E-state index in [0.717, 1.165) is 35.8 Å². The monoisotopic (exact) mass is 332 g/mol. The van der Waals surface area contributed by atoms with E-state index in [1.807, 2.05) is 24.3 Å². The summed E-state index contributed by atoms with van der Waals surface area (Å²) in [5, 5.41) is 2.94. The maximum atomic E-state index is 12.0. The predicted octanol–water partition coefficient (Wildman–Crippen LogP) is 3.33. The number of hydrogen-bond donors (Lipinski definition) is 2. The van der Waals surface area contributed by atoms with Gasteiger partial charge in [0, 0.05) is 22.1 Å². The SMILES string of the molecule is Cl.NC1CCCC(C(=O)Nc2ccc(Br)cc2)C1. The van der Waals surface area contributed by atoms with Crippen LogP contribution >= 0.6 is 28.3 Å². The van der Waals surface area contributed by atoms with E-state index in [9.17, 15) is 4.79 Å². The van der Waals surface area contributed by atoms with Crippen LogP contribution in [0.5, 0.6) is 0 Å². The topological polar surface area (TPSA) is 55.1 Å². The number of nitrogens with two attached hydrogens (primary N) is 1. The van der Waals surface area contributed by atoms with Gasteiger partial charge in [-0.2, -0.15) is 0 Å². The zero-order valence-corrected chi connectivity index (χ0v) is 12.5. The second kappa shape index (κ2) is 7.12. The van der Waals surface area contributed by atoms with Crippen LogP contribution in [0.25, 0.3) is 0 Å². The van der Waals surface area contributed by atoms with Crippen LogP contribution in [0.4, 0.5) is 5.69 Å². The highest BCUT2D eigenvalue weighted by atomic mass is 79.9. The zero-order chi connectivity index (χ0) is 12.3. The smallest absolute Gasteiger partial charge is 0.227 e. The number of nitrogens with one attached hydrogen (secondary N) is 1. The maximum Gasteiger partial charge on any atom is 0.227 e. The van der Waals surface area contributed by atoms with Crippen LogP contribution < -0.4 is 11.1 Å². The van der Waals surface area contributed by atoms with Gasteiger partial charge in [0.05, 0.1) is 0 Å². The van der Waals surface area contributed by atoms with Gasteiger partial charge in [0.1, 0.15) is 0 Å². The third kappa shape index (κ3) is 4.26. The van der Waals surface area contributed by atoms with Crippen LogP contribution in [-0.4, -0.2) is 11.9 Å². The molecule has 0 bridgehead atoms. The molecule has 18 heavy (non-hydrogen) atoms. The number of halogens is 2. The number of anilines is 1. The summed E-state index contributed by atoms with van der Waals surface area (Å²) in [5.41, 5.74) is 6.73. The summed E-state index contributed by atoms with van der Waals surface area (Å²) in [7, 11) is 0. The van der Waals surface area contributed by atoms with Gasteiger partial charge in [0.2, 0.25) is 5.91 Å². The minimum atomic E-state index is 0. The summed E-state index contributed by atoms with van der Waals surface area (Å²) >= 11 is 3.37. The molecule has 2 rings (SSSR count). The summed E-state index contributed by atoms with van der Waals surface area (Å²) in [5.74, 6) is 0.171. The Kier molecular flexibility index (Phi) is 6.12. The number of amides is 1. The summed E-state index contributed by atoms with van der Waals surface area (Å²) in [6.07, 6.45) is 3.86. The Labute approximate surface area is 122 Å². The van der Waals surface area contributed by atoms with E-state index in [2.05, 4.69) is 21.2 Å². The average molecular weight is 334 g/mol. The van der Waals surface area contributed by atoms with Gasteiger partial charge in [-0.15, -0.1) is 12.4 Å². The number of hydrogen-bond acceptors (Lipinski definition) is 2. The van der Waals surface area contributed by atoms with Crippen molar-refractivity contribution in [2.45, 2.75) is 31.7 Å². The molecule has 1 aromatic rings. The van der Waals surface area contributed by atoms with Gasteiger partial charge in [-0.3, -0.25) is 4.79 Å². The largest absolute Gasteiger partial charge is 0.328 e. The molecule has 0 saturated heterocycles. The zero-order valence-electron chi connectivity index (χ0n) is 10.1. The molecule has 0 spiro atoms. The lowest BCUT2D eigenvalue weighted by molar-refractivity contribution is -0.120. The predicted molar refractivity (Wildman–Crippen MR) is 80.0 cm³/mol. The molecule has 5 heteroatoms. The second-order valence-electron chi connectivity index (χ2n) is 4.62. The van der Waals surface area contributed by atoms with Crippen molar-refractivity contribution in [1.29, 1.82) is 0 Å². The van der Waals surface area contributed by atoms with Gasteiger partial charge in [0.15, 0.2) is 0 Å². The summed E-state index contributed by atoms with van der Waals surface area (Å²) in [6.45, 7) is 0. The van der Waals surface area contributed by atoms with E-state index in [4.69, 9.17) is 5.73 Å². The van der Waals surface area contributed by atoms with Crippen molar-refractivity contribution < 1.29 is 4.79 Å². The Morgan fingerprint density at radius 2 is 1.94 bits per heavy atom. The third-order valence-corrected chi connectivity index (χ3v) is 3.73. The fourth-order valence-electron chi connectivity index (χ4n) is 2.24. The average Bonchev–Trinajstić information content (AvgIpc) is 2.32. The number of carbonyl (C=O) groups excluding carboxylic acids is 1. The molecule has 0 heterocycles. The summed E-state index contributed by atoms with van der Waals surface area (Å²) in [4.78, 5) is 12.0. The molecule has 1 aliphatic carbocycles. The number of benzene rings is 1. The Balaban J connectivity index is 0.00000162. The Morgan fingerprint density at radius 3 is 2.56 bits per heavy atom. The van der Waals surface area contributed by atoms with E-state index in [1.54, 1.807) is 0 Å². The fraction of sp³-hybridized carbons (Fsp3) is 0.462. The lowest BCUT2D eigenvalue weighted by Crippen LogP contribution is -2.34. The number of rotatable bonds is 2. The van der Waals surface area contributed by atoms with Crippen LogP contribution in [0.15, 0.2) is 28.7 Å². The van der Waals surface area contributed by atoms with Crippen molar-refractivity contribution in [3.63, 3.8) is 0 Å². The molecule has 1 saturated carbocycles. The molecule has 3 nitrogen and oxygen atoms in total. The van der Waals surface area contributed by atoms with E-state index in [-0.39, 0.29) is 30.3 Å². The van der Waals surface area contributed by atoms with Crippen LogP contribution in [0.2, 0.25) is 0 Å². The maximum absolute atomic E-state index is 12.0. The first kappa shape index (κ1) is 15.5. The lowest BCUT2D eigenvalue weighted by Gasteiger charge is -2.25. The Morgan fingerprint density at radius 1 is 1.28 bits per heavy atom. The Bertz CT molecular complexity index is 396. The normalized spacial score (nSPS) is 23.0. The lowest BCUT2D eigenvalue weighted by atomic mass is 9.85. The molecular weight excluding hydrogens is 316 g/mol. The quantitative estimate of drug-likeness (QED) is 0.872. The first-order chi connectivity index (χ1) is 8.15. The van der Waals surface area contributed by atoms with Gasteiger partial charge in [0.25, 0.3) is 0 Å². The first-order valence-corrected chi connectivity index (χ1v) is 6.76. The highest BCUT2D eigenvalue weighted by molar-refractivity contribution is 9.10. The second-order valence-corrected chi connectivity index (χ2v) is 5.54. The van der Waals surface area contributed by atoms with Crippen molar-refractivity contribution in [2.24, 2.45) is 11.7 Å². The van der Waals surface area contributed by atoms with E-state index in [1.165, 1.54) is 0 Å². The molecule has 1 amide bonds. The van der Waals surface area contributed by atoms with E-state index < -0.39 is 0 Å². The van der Waals surface area contributed by atoms with E-state index in [0.29, 0.717) is 0 Å². The molecule has 3 N–H and O–H groups in total. The van der Waals surface area contributed by atoms with Gasteiger partial charge in [-0.05, 0) is 43.5 Å². The summed E-state index contributed by atoms with van der Waals surface area (Å²) in [6, 6.07) is 7.81. The van der Waals surface area contributed by atoms with Crippen molar-refractivity contribution in [3.05, 3.63) is 28.7 Å². The molecule has 0 aromatic heterocycles. The highest BCUT2D eigenvalue weighted by Gasteiger charge is 2.25. The third-order valence-electron chi connectivity index (χ3n) is 3.20. The minimum Gasteiger partial charge on any atom is -0.328 e. The standard InChI is InChI=1S/C13H17BrN2O.ClH/c14-10-4-6-12(7-5-10)16-13(17)9-2-1-3-11(15)8-9;/h4-7,9,11H,1-3,8,15H2,(H,16,17);1H. The molecule has 1 aromatic carbocycles. The molecule has 100 valence electrons. The van der Waals surface area contributed by atoms with Crippen LogP contribution in [0.3, 0.4) is 0 Å². The van der Waals surface area contributed by atoms with Crippen LogP contribution in [-0.2, 0) is 4.79 Å². The molecule has 1 fully saturated rings. The van der Waals surface area contributed by atoms with Crippen molar-refractivity contribution in [2.75, 3.05) is 5.32 Å². The molecule has 0 radical (unpaired) electrons. The Hall–Kier alpha value is -0.580. The van der Waals surface area contributed by atoms with Gasteiger partial charge in [-0.25, -0.2) is 0 Å². The number of carbonyl (C=O) groups is 1. The van der Waals surface area contributed by atoms with Crippen molar-refractivity contribution in [1.82, 2.24) is 0 Å². The van der Waals surface area contributed by atoms with E-state index >= 15 is 0 Å². The van der Waals surface area contributed by atoms with Gasteiger partial charge < -0.3 is 11.1 Å². The molecule has 2 atom stereocenters. The first-order valence-electron chi connectivity index (χ1n) is 5.97. The fourth-order valence-corrected chi connectivity index (χ4v) is 2.51. The van der Waals surface area contributed by atoms with Crippen molar-refractivity contribution in [3.8, 4) is 0 Å². The summed E-state index contributed by atoms with van der Waals surface area (Å²) < 4.78 is 1.01. The van der Waals surface area contributed by atoms with Crippen molar-refractivity contribution >= 4 is 39.9 Å². The highest BCUT2D eigenvalue weighted by Crippen LogP contribution is 2.24. The molecular formula is C13H18BrClN2O. The molecule has 1 aliphatic rings.